The van der Waals surface area contributed by atoms with Crippen LogP contribution in [0.15, 0.2) is 54.0 Å². The number of thiophene rings is 1. The maximum absolute atomic E-state index is 12.7. The lowest BCUT2D eigenvalue weighted by Crippen LogP contribution is -2.31. The number of carbonyl (C=O) groups excluding carboxylic acids is 1. The number of benzene rings is 2. The van der Waals surface area contributed by atoms with Gasteiger partial charge < -0.3 is 10.4 Å². The van der Waals surface area contributed by atoms with E-state index in [-0.39, 0.29) is 11.6 Å². The van der Waals surface area contributed by atoms with E-state index in [1.807, 2.05) is 11.4 Å². The molecule has 0 saturated carbocycles. The first-order chi connectivity index (χ1) is 13.4. The van der Waals surface area contributed by atoms with Crippen molar-refractivity contribution in [3.05, 3.63) is 80.3 Å². The van der Waals surface area contributed by atoms with Gasteiger partial charge in [0.2, 0.25) is 5.91 Å². The molecular formula is C20H17ClN2O4S. The Bertz CT molecular complexity index is 1060. The molecule has 0 fully saturated rings. The number of non-ortho nitro benzene ring substituents is 1. The van der Waals surface area contributed by atoms with Gasteiger partial charge in [0.05, 0.1) is 16.9 Å². The first-order valence-electron chi connectivity index (χ1n) is 8.43. The highest BCUT2D eigenvalue weighted by Gasteiger charge is 2.27. The number of aliphatic hydroxyl groups excluding tert-OH is 1. The van der Waals surface area contributed by atoms with Gasteiger partial charge in [-0.15, -0.1) is 11.3 Å². The fourth-order valence-corrected chi connectivity index (χ4v) is 4.08. The number of rotatable bonds is 6. The summed E-state index contributed by atoms with van der Waals surface area (Å²) in [6.07, 6.45) is 2.06. The van der Waals surface area contributed by atoms with Gasteiger partial charge in [-0.2, -0.15) is 0 Å². The molecule has 0 bridgehead atoms. The molecule has 2 N–H and O–H groups in total. The van der Waals surface area contributed by atoms with E-state index in [1.54, 1.807) is 37.3 Å². The first-order valence-corrected chi connectivity index (χ1v) is 9.68. The minimum absolute atomic E-state index is 0.0306. The summed E-state index contributed by atoms with van der Waals surface area (Å²) in [6.45, 7) is 1.56. The molecule has 2 atom stereocenters. The van der Waals surface area contributed by atoms with Crippen molar-refractivity contribution >= 4 is 50.7 Å². The van der Waals surface area contributed by atoms with E-state index < -0.39 is 16.9 Å². The Labute approximate surface area is 170 Å². The van der Waals surface area contributed by atoms with Crippen LogP contribution in [0.1, 0.15) is 24.0 Å². The Morgan fingerprint density at radius 3 is 2.82 bits per heavy atom. The van der Waals surface area contributed by atoms with Crippen molar-refractivity contribution in [2.24, 2.45) is 0 Å². The number of nitrogens with one attached hydrogen (secondary N) is 1. The fourth-order valence-electron chi connectivity index (χ4n) is 2.93. The van der Waals surface area contributed by atoms with Crippen LogP contribution in [-0.4, -0.2) is 22.0 Å². The summed E-state index contributed by atoms with van der Waals surface area (Å²) in [5, 5.41) is 26.9. The van der Waals surface area contributed by atoms with Gasteiger partial charge in [-0.05, 0) is 53.1 Å². The van der Waals surface area contributed by atoms with Crippen molar-refractivity contribution in [3.8, 4) is 0 Å². The largest absolute Gasteiger partial charge is 0.392 e. The molecule has 2 unspecified atom stereocenters. The smallest absolute Gasteiger partial charge is 0.270 e. The number of fused-ring (bicyclic) bond motifs is 1. The third kappa shape index (κ3) is 4.39. The lowest BCUT2D eigenvalue weighted by Gasteiger charge is -2.18. The van der Waals surface area contributed by atoms with Gasteiger partial charge in [0.25, 0.3) is 5.69 Å². The molecule has 0 aliphatic rings. The fraction of sp³-hybridized carbons (Fsp3) is 0.150. The third-order valence-electron chi connectivity index (χ3n) is 4.25. The average molecular weight is 417 g/mol. The quantitative estimate of drug-likeness (QED) is 0.449. The van der Waals surface area contributed by atoms with Crippen molar-refractivity contribution in [2.75, 3.05) is 0 Å². The summed E-state index contributed by atoms with van der Waals surface area (Å²) in [5.41, 5.74) is 1.26. The topological polar surface area (TPSA) is 92.5 Å². The van der Waals surface area contributed by atoms with Crippen molar-refractivity contribution in [3.63, 3.8) is 0 Å². The van der Waals surface area contributed by atoms with E-state index in [0.29, 0.717) is 16.1 Å². The average Bonchev–Trinajstić information content (AvgIpc) is 3.04. The van der Waals surface area contributed by atoms with E-state index in [0.717, 1.165) is 10.1 Å². The van der Waals surface area contributed by atoms with Crippen molar-refractivity contribution < 1.29 is 14.8 Å². The first kappa shape index (κ1) is 20.0. The molecule has 3 aromatic rings. The van der Waals surface area contributed by atoms with Crippen LogP contribution in [-0.2, 0) is 4.79 Å². The SMILES string of the molecule is CC(O)C(C(=O)N/C=C/c1cccc([N+](=O)[O-])c1)c1csc2ccc(Cl)cc12. The highest BCUT2D eigenvalue weighted by Crippen LogP contribution is 2.35. The van der Waals surface area contributed by atoms with Crippen molar-refractivity contribution in [1.82, 2.24) is 5.32 Å². The number of hydrogen-bond acceptors (Lipinski definition) is 5. The van der Waals surface area contributed by atoms with Gasteiger partial charge in [-0.25, -0.2) is 0 Å². The summed E-state index contributed by atoms with van der Waals surface area (Å²) < 4.78 is 0.977. The summed E-state index contributed by atoms with van der Waals surface area (Å²) >= 11 is 7.56. The third-order valence-corrected chi connectivity index (χ3v) is 5.46. The second kappa shape index (κ2) is 8.52. The highest BCUT2D eigenvalue weighted by atomic mass is 35.5. The van der Waals surface area contributed by atoms with Crippen LogP contribution >= 0.6 is 22.9 Å². The maximum Gasteiger partial charge on any atom is 0.270 e. The summed E-state index contributed by atoms with van der Waals surface area (Å²) in [6, 6.07) is 11.5. The Kier molecular flexibility index (Phi) is 6.08. The van der Waals surface area contributed by atoms with Gasteiger partial charge >= 0.3 is 0 Å². The molecule has 1 amide bonds. The lowest BCUT2D eigenvalue weighted by atomic mass is 9.93. The van der Waals surface area contributed by atoms with Crippen molar-refractivity contribution in [2.45, 2.75) is 18.9 Å². The van der Waals surface area contributed by atoms with Crippen LogP contribution in [0, 0.1) is 10.1 Å². The van der Waals surface area contributed by atoms with Crippen LogP contribution in [0.2, 0.25) is 5.02 Å². The number of hydrogen-bond donors (Lipinski definition) is 2. The molecule has 144 valence electrons. The number of halogens is 1. The van der Waals surface area contributed by atoms with Crippen LogP contribution in [0.3, 0.4) is 0 Å². The van der Waals surface area contributed by atoms with Gasteiger partial charge in [-0.3, -0.25) is 14.9 Å². The van der Waals surface area contributed by atoms with E-state index in [2.05, 4.69) is 5.32 Å². The molecule has 0 saturated heterocycles. The zero-order valence-electron chi connectivity index (χ0n) is 14.8. The molecular weight excluding hydrogens is 400 g/mol. The standard InChI is InChI=1S/C20H17ClN2O4S/c1-12(24)19(17-11-28-18-6-5-14(21)10-16(17)18)20(25)22-8-7-13-3-2-4-15(9-13)23(26)27/h2-12,19,24H,1H3,(H,22,25)/b8-7+. The Morgan fingerprint density at radius 1 is 1.32 bits per heavy atom. The molecule has 0 radical (unpaired) electrons. The zero-order valence-corrected chi connectivity index (χ0v) is 16.4. The number of nitro benzene ring substituents is 1. The Balaban J connectivity index is 1.81. The molecule has 6 nitrogen and oxygen atoms in total. The normalized spacial score (nSPS) is 13.5. The van der Waals surface area contributed by atoms with Crippen LogP contribution in [0.25, 0.3) is 16.2 Å². The maximum atomic E-state index is 12.7. The zero-order chi connectivity index (χ0) is 20.3. The van der Waals surface area contributed by atoms with Gasteiger partial charge in [-0.1, -0.05) is 23.7 Å². The minimum atomic E-state index is -0.914. The molecule has 1 aromatic heterocycles. The van der Waals surface area contributed by atoms with Crippen molar-refractivity contribution in [1.29, 1.82) is 0 Å². The van der Waals surface area contributed by atoms with E-state index in [9.17, 15) is 20.0 Å². The van der Waals surface area contributed by atoms with Gasteiger partial charge in [0.1, 0.15) is 0 Å². The second-order valence-electron chi connectivity index (χ2n) is 6.24. The van der Waals surface area contributed by atoms with E-state index in [1.165, 1.54) is 29.7 Å². The summed E-state index contributed by atoms with van der Waals surface area (Å²) in [4.78, 5) is 23.1. The molecule has 3 rings (SSSR count). The second-order valence-corrected chi connectivity index (χ2v) is 7.59. The number of amides is 1. The summed E-state index contributed by atoms with van der Waals surface area (Å²) in [5.74, 6) is -1.15. The van der Waals surface area contributed by atoms with Gasteiger partial charge in [0.15, 0.2) is 0 Å². The van der Waals surface area contributed by atoms with Crippen LogP contribution < -0.4 is 5.32 Å². The Hall–Kier alpha value is -2.74. The molecule has 0 aliphatic heterocycles. The number of carbonyl (C=O) groups is 1. The Morgan fingerprint density at radius 2 is 2.11 bits per heavy atom. The van der Waals surface area contributed by atoms with Gasteiger partial charge in [0, 0.05) is 28.1 Å². The minimum Gasteiger partial charge on any atom is -0.392 e. The highest BCUT2D eigenvalue weighted by molar-refractivity contribution is 7.17. The lowest BCUT2D eigenvalue weighted by molar-refractivity contribution is -0.384. The molecule has 28 heavy (non-hydrogen) atoms. The van der Waals surface area contributed by atoms with Crippen LogP contribution in [0.5, 0.6) is 0 Å². The molecule has 0 aliphatic carbocycles. The van der Waals surface area contributed by atoms with E-state index >= 15 is 0 Å². The number of nitrogens with zero attached hydrogens (tertiary/aromatic N) is 1. The molecule has 2 aromatic carbocycles. The number of nitro groups is 1. The predicted molar refractivity (Wildman–Crippen MR) is 112 cm³/mol. The monoisotopic (exact) mass is 416 g/mol. The molecule has 8 heteroatoms. The molecule has 1 heterocycles. The van der Waals surface area contributed by atoms with E-state index in [4.69, 9.17) is 11.6 Å². The van der Waals surface area contributed by atoms with Crippen LogP contribution in [0.4, 0.5) is 5.69 Å². The number of aliphatic hydroxyl groups is 1. The summed E-state index contributed by atoms with van der Waals surface area (Å²) in [7, 11) is 0. The molecule has 0 spiro atoms. The predicted octanol–water partition coefficient (Wildman–Crippen LogP) is 4.71.